The summed E-state index contributed by atoms with van der Waals surface area (Å²) in [6.07, 6.45) is -0.552. The molecule has 0 bridgehead atoms. The third-order valence-corrected chi connectivity index (χ3v) is 2.46. The average molecular weight is 258 g/mol. The van der Waals surface area contributed by atoms with Gasteiger partial charge in [0, 0.05) is 13.6 Å². The predicted molar refractivity (Wildman–Crippen MR) is 66.3 cm³/mol. The molecule has 94 valence electrons. The Hall–Kier alpha value is -1.26. The van der Waals surface area contributed by atoms with Gasteiger partial charge in [0.25, 0.3) is 5.91 Å². The number of carbonyl (C=O) groups is 1. The van der Waals surface area contributed by atoms with Crippen LogP contribution < -0.4 is 4.74 Å². The van der Waals surface area contributed by atoms with Gasteiger partial charge in [0.2, 0.25) is 0 Å². The molecule has 0 aliphatic carbocycles. The molecule has 0 heterocycles. The molecular weight excluding hydrogens is 242 g/mol. The fourth-order valence-corrected chi connectivity index (χ4v) is 1.50. The molecule has 1 unspecified atom stereocenters. The third kappa shape index (κ3) is 4.63. The Morgan fingerprint density at radius 2 is 2.18 bits per heavy atom. The fourth-order valence-electron chi connectivity index (χ4n) is 1.31. The van der Waals surface area contributed by atoms with E-state index in [9.17, 15) is 4.79 Å². The first-order chi connectivity index (χ1) is 8.00. The van der Waals surface area contributed by atoms with Gasteiger partial charge >= 0.3 is 0 Å². The van der Waals surface area contributed by atoms with Crippen LogP contribution in [0.5, 0.6) is 5.75 Å². The van der Waals surface area contributed by atoms with Crippen molar-refractivity contribution >= 4 is 17.5 Å². The molecule has 5 heteroatoms. The van der Waals surface area contributed by atoms with E-state index in [-0.39, 0.29) is 19.1 Å². The van der Waals surface area contributed by atoms with Crippen LogP contribution in [0, 0.1) is 0 Å². The van der Waals surface area contributed by atoms with Crippen LogP contribution in [0.15, 0.2) is 24.3 Å². The summed E-state index contributed by atoms with van der Waals surface area (Å²) in [5, 5.41) is 9.62. The zero-order chi connectivity index (χ0) is 12.8. The normalized spacial score (nSPS) is 12.0. The SMILES string of the molecule is CC(O)CN(C)C(=O)COc1ccccc1Cl. The van der Waals surface area contributed by atoms with E-state index in [0.29, 0.717) is 10.8 Å². The van der Waals surface area contributed by atoms with Gasteiger partial charge in [-0.1, -0.05) is 23.7 Å². The van der Waals surface area contributed by atoms with Crippen molar-refractivity contribution in [1.29, 1.82) is 0 Å². The lowest BCUT2D eigenvalue weighted by Crippen LogP contribution is -2.36. The summed E-state index contributed by atoms with van der Waals surface area (Å²) in [7, 11) is 1.62. The maximum absolute atomic E-state index is 11.6. The highest BCUT2D eigenvalue weighted by Crippen LogP contribution is 2.22. The summed E-state index contributed by atoms with van der Waals surface area (Å²) < 4.78 is 5.30. The zero-order valence-electron chi connectivity index (χ0n) is 9.89. The summed E-state index contributed by atoms with van der Waals surface area (Å²) in [6, 6.07) is 6.97. The first kappa shape index (κ1) is 13.8. The van der Waals surface area contributed by atoms with Gasteiger partial charge in [0.05, 0.1) is 11.1 Å². The molecule has 0 aliphatic rings. The van der Waals surface area contributed by atoms with Crippen LogP contribution in [-0.4, -0.2) is 42.2 Å². The van der Waals surface area contributed by atoms with Crippen LogP contribution >= 0.6 is 11.6 Å². The van der Waals surface area contributed by atoms with Crippen molar-refractivity contribution in [2.24, 2.45) is 0 Å². The number of likely N-dealkylation sites (N-methyl/N-ethyl adjacent to an activating group) is 1. The van der Waals surface area contributed by atoms with Crippen LogP contribution in [0.3, 0.4) is 0 Å². The highest BCUT2D eigenvalue weighted by atomic mass is 35.5. The van der Waals surface area contributed by atoms with Crippen molar-refractivity contribution in [3.8, 4) is 5.75 Å². The van der Waals surface area contributed by atoms with Crippen molar-refractivity contribution in [2.45, 2.75) is 13.0 Å². The van der Waals surface area contributed by atoms with Crippen molar-refractivity contribution in [2.75, 3.05) is 20.2 Å². The van der Waals surface area contributed by atoms with E-state index in [2.05, 4.69) is 0 Å². The second kappa shape index (κ2) is 6.47. The molecule has 17 heavy (non-hydrogen) atoms. The van der Waals surface area contributed by atoms with E-state index in [1.165, 1.54) is 4.90 Å². The van der Waals surface area contributed by atoms with E-state index >= 15 is 0 Å². The second-order valence-corrected chi connectivity index (χ2v) is 4.25. The lowest BCUT2D eigenvalue weighted by molar-refractivity contribution is -0.133. The first-order valence-corrected chi connectivity index (χ1v) is 5.68. The van der Waals surface area contributed by atoms with Crippen molar-refractivity contribution < 1.29 is 14.6 Å². The number of halogens is 1. The number of aliphatic hydroxyl groups excluding tert-OH is 1. The first-order valence-electron chi connectivity index (χ1n) is 5.30. The monoisotopic (exact) mass is 257 g/mol. The molecule has 0 aliphatic heterocycles. The molecule has 0 spiro atoms. The second-order valence-electron chi connectivity index (χ2n) is 3.84. The number of ether oxygens (including phenoxy) is 1. The van der Waals surface area contributed by atoms with E-state index in [0.717, 1.165) is 0 Å². The highest BCUT2D eigenvalue weighted by Gasteiger charge is 2.12. The van der Waals surface area contributed by atoms with Gasteiger partial charge in [-0.3, -0.25) is 4.79 Å². The van der Waals surface area contributed by atoms with Crippen LogP contribution in [0.25, 0.3) is 0 Å². The van der Waals surface area contributed by atoms with Gasteiger partial charge in [-0.25, -0.2) is 0 Å². The van der Waals surface area contributed by atoms with E-state index < -0.39 is 6.10 Å². The molecule has 1 aromatic rings. The molecule has 0 radical (unpaired) electrons. The Bertz CT molecular complexity index is 382. The maximum Gasteiger partial charge on any atom is 0.260 e. The van der Waals surface area contributed by atoms with Crippen molar-refractivity contribution in [3.05, 3.63) is 29.3 Å². The summed E-state index contributed by atoms with van der Waals surface area (Å²) in [6.45, 7) is 1.82. The number of amides is 1. The molecule has 1 N–H and O–H groups in total. The molecule has 1 atom stereocenters. The number of hydrogen-bond donors (Lipinski definition) is 1. The Balaban J connectivity index is 2.46. The quantitative estimate of drug-likeness (QED) is 0.871. The number of aliphatic hydroxyl groups is 1. The van der Waals surface area contributed by atoms with Gasteiger partial charge in [0.1, 0.15) is 5.75 Å². The Labute approximate surface area is 106 Å². The van der Waals surface area contributed by atoms with Crippen LogP contribution in [0.4, 0.5) is 0 Å². The molecular formula is C12H16ClNO3. The number of benzene rings is 1. The minimum absolute atomic E-state index is 0.0903. The van der Waals surface area contributed by atoms with Gasteiger partial charge < -0.3 is 14.7 Å². The number of hydrogen-bond acceptors (Lipinski definition) is 3. The summed E-state index contributed by atoms with van der Waals surface area (Å²) in [4.78, 5) is 13.0. The molecule has 1 aromatic carbocycles. The predicted octanol–water partition coefficient (Wildman–Crippen LogP) is 1.56. The standard InChI is InChI=1S/C12H16ClNO3/c1-9(15)7-14(2)12(16)8-17-11-6-4-3-5-10(11)13/h3-6,9,15H,7-8H2,1-2H3. The Morgan fingerprint density at radius 3 is 2.76 bits per heavy atom. The summed E-state index contributed by atoms with van der Waals surface area (Å²) in [5.41, 5.74) is 0. The molecule has 0 aromatic heterocycles. The molecule has 4 nitrogen and oxygen atoms in total. The van der Waals surface area contributed by atoms with Gasteiger partial charge in [-0.15, -0.1) is 0 Å². The minimum Gasteiger partial charge on any atom is -0.482 e. The topological polar surface area (TPSA) is 49.8 Å². The van der Waals surface area contributed by atoms with Gasteiger partial charge in [-0.05, 0) is 19.1 Å². The molecule has 0 saturated carbocycles. The third-order valence-electron chi connectivity index (χ3n) is 2.15. The lowest BCUT2D eigenvalue weighted by atomic mass is 10.3. The van der Waals surface area contributed by atoms with Crippen LogP contribution in [0.1, 0.15) is 6.92 Å². The number of carbonyl (C=O) groups excluding carboxylic acids is 1. The zero-order valence-corrected chi connectivity index (χ0v) is 10.6. The number of rotatable bonds is 5. The van der Waals surface area contributed by atoms with Crippen LogP contribution in [-0.2, 0) is 4.79 Å². The van der Waals surface area contributed by atoms with E-state index in [1.807, 2.05) is 0 Å². The van der Waals surface area contributed by atoms with E-state index in [1.54, 1.807) is 38.2 Å². The Kier molecular flexibility index (Phi) is 5.25. The van der Waals surface area contributed by atoms with Crippen LogP contribution in [0.2, 0.25) is 5.02 Å². The smallest absolute Gasteiger partial charge is 0.260 e. The minimum atomic E-state index is -0.552. The van der Waals surface area contributed by atoms with Crippen molar-refractivity contribution in [3.63, 3.8) is 0 Å². The van der Waals surface area contributed by atoms with E-state index in [4.69, 9.17) is 21.4 Å². The molecule has 1 amide bonds. The molecule has 0 fully saturated rings. The summed E-state index contributed by atoms with van der Waals surface area (Å²) in [5.74, 6) is 0.277. The van der Waals surface area contributed by atoms with Gasteiger partial charge in [0.15, 0.2) is 6.61 Å². The highest BCUT2D eigenvalue weighted by molar-refractivity contribution is 6.32. The molecule has 0 saturated heterocycles. The maximum atomic E-state index is 11.6. The number of para-hydroxylation sites is 1. The Morgan fingerprint density at radius 1 is 1.53 bits per heavy atom. The fraction of sp³-hybridized carbons (Fsp3) is 0.417. The lowest BCUT2D eigenvalue weighted by Gasteiger charge is -2.19. The largest absolute Gasteiger partial charge is 0.482 e. The summed E-state index contributed by atoms with van der Waals surface area (Å²) >= 11 is 5.88. The number of nitrogens with zero attached hydrogens (tertiary/aromatic N) is 1. The average Bonchev–Trinajstić information content (AvgIpc) is 2.26. The molecule has 1 rings (SSSR count). The van der Waals surface area contributed by atoms with Crippen molar-refractivity contribution in [1.82, 2.24) is 4.90 Å². The van der Waals surface area contributed by atoms with Gasteiger partial charge in [-0.2, -0.15) is 0 Å².